The van der Waals surface area contributed by atoms with Crippen LogP contribution in [-0.4, -0.2) is 19.6 Å². The minimum atomic E-state index is -0.806. The highest BCUT2D eigenvalue weighted by Crippen LogP contribution is 2.23. The summed E-state index contributed by atoms with van der Waals surface area (Å²) < 4.78 is 22.5. The van der Waals surface area contributed by atoms with Crippen molar-refractivity contribution in [1.82, 2.24) is 14.3 Å². The average Bonchev–Trinajstić information content (AvgIpc) is 2.99. The lowest BCUT2D eigenvalue weighted by Crippen LogP contribution is -2.25. The fourth-order valence-corrected chi connectivity index (χ4v) is 3.82. The van der Waals surface area contributed by atoms with E-state index in [9.17, 15) is 14.0 Å². The Morgan fingerprint density at radius 2 is 1.96 bits per heavy atom. The van der Waals surface area contributed by atoms with Gasteiger partial charge in [-0.25, -0.2) is 9.18 Å². The molecule has 0 aliphatic carbocycles. The Bertz CT molecular complexity index is 1070. The summed E-state index contributed by atoms with van der Waals surface area (Å²) in [4.78, 5) is 24.3. The van der Waals surface area contributed by atoms with Gasteiger partial charge >= 0.3 is 5.69 Å². The number of nitrogens with zero attached hydrogens (tertiary/aromatic N) is 3. The van der Waals surface area contributed by atoms with Crippen molar-refractivity contribution in [3.05, 3.63) is 79.3 Å². The van der Waals surface area contributed by atoms with Crippen molar-refractivity contribution in [3.63, 3.8) is 0 Å². The number of aromatic nitrogens is 3. The van der Waals surface area contributed by atoms with Gasteiger partial charge in [-0.05, 0) is 52.7 Å². The van der Waals surface area contributed by atoms with Crippen molar-refractivity contribution in [2.24, 2.45) is 0 Å². The van der Waals surface area contributed by atoms with Gasteiger partial charge in [0.05, 0.1) is 21.4 Å². The molecule has 0 radical (unpaired) electrons. The predicted octanol–water partition coefficient (Wildman–Crippen LogP) is 3.89. The first-order chi connectivity index (χ1) is 13.4. The molecule has 28 heavy (non-hydrogen) atoms. The number of carbonyl (C=O) groups excluding carboxylic acids is 1. The van der Waals surface area contributed by atoms with E-state index >= 15 is 0 Å². The SMILES string of the molecule is CCn1c(COCc2ccccc2)nn(-c2cc(F)cc(C(=O)Cl)c2I)c1=O. The predicted molar refractivity (Wildman–Crippen MR) is 111 cm³/mol. The van der Waals surface area contributed by atoms with E-state index < -0.39 is 16.7 Å². The van der Waals surface area contributed by atoms with Crippen LogP contribution >= 0.6 is 34.2 Å². The van der Waals surface area contributed by atoms with Crippen molar-refractivity contribution in [3.8, 4) is 5.69 Å². The summed E-state index contributed by atoms with van der Waals surface area (Å²) in [5.74, 6) is -0.276. The van der Waals surface area contributed by atoms with Crippen LogP contribution in [0.1, 0.15) is 28.7 Å². The summed E-state index contributed by atoms with van der Waals surface area (Å²) in [5, 5.41) is 3.49. The van der Waals surface area contributed by atoms with Gasteiger partial charge < -0.3 is 4.74 Å². The van der Waals surface area contributed by atoms with Crippen LogP contribution in [0.3, 0.4) is 0 Å². The molecule has 0 N–H and O–H groups in total. The van der Waals surface area contributed by atoms with E-state index in [1.807, 2.05) is 52.9 Å². The Labute approximate surface area is 179 Å². The van der Waals surface area contributed by atoms with Crippen LogP contribution in [0.25, 0.3) is 5.69 Å². The normalized spacial score (nSPS) is 11.0. The fourth-order valence-electron chi connectivity index (χ4n) is 2.72. The molecule has 3 rings (SSSR count). The molecule has 0 atom stereocenters. The standard InChI is InChI=1S/C19H16ClFIN3O3/c1-2-24-16(11-28-10-12-6-4-3-5-7-12)23-25(19(24)27)15-9-13(21)8-14(17(15)22)18(20)26/h3-9H,2,10-11H2,1H3. The van der Waals surface area contributed by atoms with Crippen LogP contribution in [0.4, 0.5) is 4.39 Å². The first-order valence-corrected chi connectivity index (χ1v) is 9.87. The summed E-state index contributed by atoms with van der Waals surface area (Å²) in [6.45, 7) is 2.65. The lowest BCUT2D eigenvalue weighted by atomic mass is 10.2. The van der Waals surface area contributed by atoms with E-state index in [2.05, 4.69) is 5.10 Å². The Morgan fingerprint density at radius 3 is 2.61 bits per heavy atom. The Hall–Kier alpha value is -2.04. The molecule has 0 aliphatic rings. The lowest BCUT2D eigenvalue weighted by Gasteiger charge is -2.07. The second-order valence-corrected chi connectivity index (χ2v) is 7.32. The largest absolute Gasteiger partial charge is 0.369 e. The van der Waals surface area contributed by atoms with Crippen molar-refractivity contribution in [2.45, 2.75) is 26.7 Å². The van der Waals surface area contributed by atoms with Gasteiger partial charge in [0.1, 0.15) is 12.4 Å². The van der Waals surface area contributed by atoms with E-state index in [0.29, 0.717) is 22.5 Å². The number of carbonyl (C=O) groups is 1. The molecule has 0 saturated carbocycles. The third-order valence-corrected chi connectivity index (χ3v) is 5.39. The quantitative estimate of drug-likeness (QED) is 0.354. The molecule has 0 saturated heterocycles. The molecule has 0 spiro atoms. The van der Waals surface area contributed by atoms with E-state index in [1.165, 1.54) is 4.57 Å². The first-order valence-electron chi connectivity index (χ1n) is 8.42. The zero-order valence-corrected chi connectivity index (χ0v) is 17.8. The molecule has 0 amide bonds. The van der Waals surface area contributed by atoms with Crippen molar-refractivity contribution >= 4 is 39.4 Å². The van der Waals surface area contributed by atoms with Crippen molar-refractivity contribution in [2.75, 3.05) is 0 Å². The molecule has 9 heteroatoms. The molecule has 0 aliphatic heterocycles. The highest BCUT2D eigenvalue weighted by Gasteiger charge is 2.20. The molecule has 0 bridgehead atoms. The Balaban J connectivity index is 1.94. The van der Waals surface area contributed by atoms with Crippen LogP contribution in [0.2, 0.25) is 0 Å². The summed E-state index contributed by atoms with van der Waals surface area (Å²) in [6, 6.07) is 11.8. The van der Waals surface area contributed by atoms with Crippen molar-refractivity contribution in [1.29, 1.82) is 0 Å². The number of halogens is 3. The second-order valence-electron chi connectivity index (χ2n) is 5.89. The van der Waals surface area contributed by atoms with Gasteiger partial charge in [0.25, 0.3) is 5.24 Å². The molecule has 146 valence electrons. The molecule has 1 aromatic heterocycles. The molecule has 6 nitrogen and oxygen atoms in total. The molecule has 2 aromatic carbocycles. The van der Waals surface area contributed by atoms with Gasteiger partial charge in [-0.3, -0.25) is 9.36 Å². The van der Waals surface area contributed by atoms with Gasteiger partial charge in [0.15, 0.2) is 5.82 Å². The number of hydrogen-bond acceptors (Lipinski definition) is 4. The topological polar surface area (TPSA) is 66.1 Å². The zero-order valence-electron chi connectivity index (χ0n) is 14.9. The second kappa shape index (κ2) is 8.97. The van der Waals surface area contributed by atoms with E-state index in [0.717, 1.165) is 22.4 Å². The molecular weight excluding hydrogens is 500 g/mol. The highest BCUT2D eigenvalue weighted by atomic mass is 127. The Kier molecular flexibility index (Phi) is 6.63. The van der Waals surface area contributed by atoms with Gasteiger partial charge in [0.2, 0.25) is 0 Å². The summed E-state index contributed by atoms with van der Waals surface area (Å²) in [7, 11) is 0. The van der Waals surface area contributed by atoms with Gasteiger partial charge in [0, 0.05) is 12.6 Å². The number of rotatable bonds is 7. The third kappa shape index (κ3) is 4.34. The maximum Gasteiger partial charge on any atom is 0.350 e. The van der Waals surface area contributed by atoms with E-state index in [4.69, 9.17) is 16.3 Å². The Morgan fingerprint density at radius 1 is 1.25 bits per heavy atom. The summed E-state index contributed by atoms with van der Waals surface area (Å²) >= 11 is 7.38. The van der Waals surface area contributed by atoms with Crippen LogP contribution in [-0.2, 0) is 24.5 Å². The average molecular weight is 516 g/mol. The monoisotopic (exact) mass is 515 g/mol. The zero-order chi connectivity index (χ0) is 20.3. The van der Waals surface area contributed by atoms with Gasteiger partial charge in [-0.2, -0.15) is 4.68 Å². The summed E-state index contributed by atoms with van der Waals surface area (Å²) in [5.41, 5.74) is 0.692. The van der Waals surface area contributed by atoms with Crippen molar-refractivity contribution < 1.29 is 13.9 Å². The van der Waals surface area contributed by atoms with Crippen LogP contribution in [0, 0.1) is 9.39 Å². The van der Waals surface area contributed by atoms with E-state index in [-0.39, 0.29) is 17.9 Å². The molecular formula is C19H16ClFIN3O3. The first kappa shape index (κ1) is 20.7. The number of ether oxygens (including phenoxy) is 1. The molecule has 1 heterocycles. The van der Waals surface area contributed by atoms with Gasteiger partial charge in [-0.15, -0.1) is 5.10 Å². The smallest absolute Gasteiger partial charge is 0.350 e. The minimum Gasteiger partial charge on any atom is -0.369 e. The number of benzene rings is 2. The van der Waals surface area contributed by atoms with Crippen LogP contribution in [0.15, 0.2) is 47.3 Å². The maximum absolute atomic E-state index is 14.0. The molecule has 0 unspecified atom stereocenters. The lowest BCUT2D eigenvalue weighted by molar-refractivity contribution is 0.0989. The number of hydrogen-bond donors (Lipinski definition) is 0. The fraction of sp³-hybridized carbons (Fsp3) is 0.211. The third-order valence-electron chi connectivity index (χ3n) is 4.06. The van der Waals surface area contributed by atoms with Gasteiger partial charge in [-0.1, -0.05) is 30.3 Å². The van der Waals surface area contributed by atoms with Crippen LogP contribution in [0.5, 0.6) is 0 Å². The molecule has 0 fully saturated rings. The van der Waals surface area contributed by atoms with E-state index in [1.54, 1.807) is 6.92 Å². The summed E-state index contributed by atoms with van der Waals surface area (Å²) in [6.07, 6.45) is 0. The van der Waals surface area contributed by atoms with Crippen LogP contribution < -0.4 is 5.69 Å². The molecule has 3 aromatic rings. The maximum atomic E-state index is 14.0. The minimum absolute atomic E-state index is 0.0166. The highest BCUT2D eigenvalue weighted by molar-refractivity contribution is 14.1.